The molecule has 0 saturated carbocycles. The number of nitro groups is 1. The van der Waals surface area contributed by atoms with Crippen molar-refractivity contribution in [3.8, 4) is 0 Å². The molecule has 19 heavy (non-hydrogen) atoms. The first-order chi connectivity index (χ1) is 9.11. The van der Waals surface area contributed by atoms with E-state index in [0.717, 1.165) is 16.8 Å². The highest BCUT2D eigenvalue weighted by Gasteiger charge is 2.17. The minimum atomic E-state index is -0.555. The second-order valence-corrected chi connectivity index (χ2v) is 4.64. The van der Waals surface area contributed by atoms with Crippen molar-refractivity contribution in [2.75, 3.05) is 11.6 Å². The van der Waals surface area contributed by atoms with Crippen LogP contribution in [0.4, 0.5) is 17.2 Å². The van der Waals surface area contributed by atoms with Gasteiger partial charge in [-0.2, -0.15) is 4.98 Å². The SMILES string of the molecule is CSc1ccccc1Nc1nc(Cl)ncc1[N+](=O)[O-]. The van der Waals surface area contributed by atoms with Crippen molar-refractivity contribution in [3.63, 3.8) is 0 Å². The zero-order valence-electron chi connectivity index (χ0n) is 9.83. The molecule has 6 nitrogen and oxygen atoms in total. The predicted molar refractivity (Wildman–Crippen MR) is 75.2 cm³/mol. The lowest BCUT2D eigenvalue weighted by Gasteiger charge is -2.09. The number of rotatable bonds is 4. The quantitative estimate of drug-likeness (QED) is 0.402. The van der Waals surface area contributed by atoms with Crippen LogP contribution in [0.3, 0.4) is 0 Å². The van der Waals surface area contributed by atoms with Gasteiger partial charge in [0.25, 0.3) is 0 Å². The summed E-state index contributed by atoms with van der Waals surface area (Å²) >= 11 is 7.20. The van der Waals surface area contributed by atoms with E-state index in [1.54, 1.807) is 0 Å². The fourth-order valence-corrected chi connectivity index (χ4v) is 2.14. The van der Waals surface area contributed by atoms with Crippen LogP contribution in [0.5, 0.6) is 0 Å². The number of anilines is 2. The summed E-state index contributed by atoms with van der Waals surface area (Å²) in [6.07, 6.45) is 3.00. The third-order valence-electron chi connectivity index (χ3n) is 2.30. The van der Waals surface area contributed by atoms with E-state index in [1.807, 2.05) is 30.5 Å². The minimum Gasteiger partial charge on any atom is -0.333 e. The van der Waals surface area contributed by atoms with Crippen LogP contribution in [0.1, 0.15) is 0 Å². The second-order valence-electron chi connectivity index (χ2n) is 3.46. The molecule has 0 atom stereocenters. The van der Waals surface area contributed by atoms with Gasteiger partial charge in [0.15, 0.2) is 0 Å². The van der Waals surface area contributed by atoms with E-state index in [0.29, 0.717) is 0 Å². The summed E-state index contributed by atoms with van der Waals surface area (Å²) in [6.45, 7) is 0. The Kier molecular flexibility index (Phi) is 4.18. The molecule has 0 radical (unpaired) electrons. The van der Waals surface area contributed by atoms with E-state index in [9.17, 15) is 10.1 Å². The molecule has 0 amide bonds. The maximum absolute atomic E-state index is 10.9. The Labute approximate surface area is 118 Å². The van der Waals surface area contributed by atoms with Crippen molar-refractivity contribution in [3.05, 3.63) is 45.9 Å². The van der Waals surface area contributed by atoms with Gasteiger partial charge in [-0.25, -0.2) is 4.98 Å². The van der Waals surface area contributed by atoms with Crippen molar-refractivity contribution < 1.29 is 4.92 Å². The van der Waals surface area contributed by atoms with Gasteiger partial charge in [0, 0.05) is 4.90 Å². The second kappa shape index (κ2) is 5.85. The van der Waals surface area contributed by atoms with Crippen LogP contribution in [0.15, 0.2) is 35.4 Å². The molecule has 0 fully saturated rings. The summed E-state index contributed by atoms with van der Waals surface area (Å²) in [6, 6.07) is 7.43. The number of thioether (sulfide) groups is 1. The smallest absolute Gasteiger partial charge is 0.329 e. The van der Waals surface area contributed by atoms with E-state index < -0.39 is 4.92 Å². The molecule has 0 aliphatic rings. The third kappa shape index (κ3) is 3.12. The molecule has 0 unspecified atom stereocenters. The summed E-state index contributed by atoms with van der Waals surface area (Å²) in [5.74, 6) is 0.0755. The molecule has 98 valence electrons. The van der Waals surface area contributed by atoms with Gasteiger partial charge in [-0.05, 0) is 30.0 Å². The van der Waals surface area contributed by atoms with Crippen molar-refractivity contribution in [2.45, 2.75) is 4.90 Å². The number of halogens is 1. The molecular formula is C11H9ClN4O2S. The Morgan fingerprint density at radius 3 is 2.84 bits per heavy atom. The van der Waals surface area contributed by atoms with Crippen LogP contribution in [-0.2, 0) is 0 Å². The number of hydrogen-bond donors (Lipinski definition) is 1. The van der Waals surface area contributed by atoms with Gasteiger partial charge >= 0.3 is 5.69 Å². The van der Waals surface area contributed by atoms with E-state index in [4.69, 9.17) is 11.6 Å². The monoisotopic (exact) mass is 296 g/mol. The van der Waals surface area contributed by atoms with Gasteiger partial charge in [-0.15, -0.1) is 11.8 Å². The van der Waals surface area contributed by atoms with Gasteiger partial charge in [-0.1, -0.05) is 12.1 Å². The molecule has 1 heterocycles. The largest absolute Gasteiger partial charge is 0.333 e. The molecule has 0 spiro atoms. The Hall–Kier alpha value is -1.86. The Morgan fingerprint density at radius 1 is 1.42 bits per heavy atom. The zero-order chi connectivity index (χ0) is 13.8. The van der Waals surface area contributed by atoms with Crippen LogP contribution < -0.4 is 5.32 Å². The fourth-order valence-electron chi connectivity index (χ4n) is 1.46. The molecule has 1 aromatic heterocycles. The highest BCUT2D eigenvalue weighted by Crippen LogP contribution is 2.31. The van der Waals surface area contributed by atoms with E-state index in [1.165, 1.54) is 11.8 Å². The van der Waals surface area contributed by atoms with Gasteiger partial charge < -0.3 is 5.32 Å². The molecule has 1 aromatic carbocycles. The standard InChI is InChI=1S/C11H9ClN4O2S/c1-19-9-5-3-2-4-7(9)14-10-8(16(17)18)6-13-11(12)15-10/h2-6H,1H3,(H,13,14,15). The first-order valence-electron chi connectivity index (χ1n) is 5.19. The molecular weight excluding hydrogens is 288 g/mol. The van der Waals surface area contributed by atoms with Crippen LogP contribution in [0.25, 0.3) is 0 Å². The number of benzene rings is 1. The summed E-state index contributed by atoms with van der Waals surface area (Å²) < 4.78 is 0. The maximum atomic E-state index is 10.9. The van der Waals surface area contributed by atoms with Crippen molar-refractivity contribution in [1.29, 1.82) is 0 Å². The summed E-state index contributed by atoms with van der Waals surface area (Å²) in [4.78, 5) is 18.8. The van der Waals surface area contributed by atoms with Crippen molar-refractivity contribution >= 4 is 40.6 Å². The average Bonchev–Trinajstić information content (AvgIpc) is 2.39. The Bertz CT molecular complexity index is 623. The Morgan fingerprint density at radius 2 is 2.16 bits per heavy atom. The highest BCUT2D eigenvalue weighted by molar-refractivity contribution is 7.98. The topological polar surface area (TPSA) is 81.0 Å². The molecule has 0 bridgehead atoms. The summed E-state index contributed by atoms with van der Waals surface area (Å²) in [5, 5.41) is 13.8. The van der Waals surface area contributed by atoms with Gasteiger partial charge in [-0.3, -0.25) is 10.1 Å². The lowest BCUT2D eigenvalue weighted by molar-refractivity contribution is -0.384. The molecule has 1 N–H and O–H groups in total. The Balaban J connectivity index is 2.42. The summed E-state index contributed by atoms with van der Waals surface area (Å²) in [5.41, 5.74) is 0.508. The molecule has 0 aliphatic heterocycles. The predicted octanol–water partition coefficient (Wildman–Crippen LogP) is 3.50. The van der Waals surface area contributed by atoms with E-state index in [2.05, 4.69) is 15.3 Å². The molecule has 2 aromatic rings. The first kappa shape index (κ1) is 13.6. The lowest BCUT2D eigenvalue weighted by Crippen LogP contribution is -2.01. The number of nitrogens with zero attached hydrogens (tertiary/aromatic N) is 3. The number of para-hydroxylation sites is 1. The first-order valence-corrected chi connectivity index (χ1v) is 6.79. The van der Waals surface area contributed by atoms with Gasteiger partial charge in [0.05, 0.1) is 10.6 Å². The number of hydrogen-bond acceptors (Lipinski definition) is 6. The van der Waals surface area contributed by atoms with E-state index >= 15 is 0 Å². The molecule has 0 saturated heterocycles. The fraction of sp³-hybridized carbons (Fsp3) is 0.0909. The molecule has 8 heteroatoms. The third-order valence-corrected chi connectivity index (χ3v) is 3.27. The van der Waals surface area contributed by atoms with Crippen LogP contribution in [-0.4, -0.2) is 21.1 Å². The molecule has 2 rings (SSSR count). The maximum Gasteiger partial charge on any atom is 0.329 e. The van der Waals surface area contributed by atoms with Crippen LogP contribution in [0, 0.1) is 10.1 Å². The average molecular weight is 297 g/mol. The van der Waals surface area contributed by atoms with Crippen LogP contribution in [0.2, 0.25) is 5.28 Å². The number of nitrogens with one attached hydrogen (secondary N) is 1. The number of aromatic nitrogens is 2. The zero-order valence-corrected chi connectivity index (χ0v) is 11.4. The van der Waals surface area contributed by atoms with Gasteiger partial charge in [0.2, 0.25) is 11.1 Å². The highest BCUT2D eigenvalue weighted by atomic mass is 35.5. The van der Waals surface area contributed by atoms with Crippen molar-refractivity contribution in [2.24, 2.45) is 0 Å². The summed E-state index contributed by atoms with van der Waals surface area (Å²) in [7, 11) is 0. The normalized spacial score (nSPS) is 10.2. The van der Waals surface area contributed by atoms with Crippen molar-refractivity contribution in [1.82, 2.24) is 9.97 Å². The van der Waals surface area contributed by atoms with Gasteiger partial charge in [0.1, 0.15) is 6.20 Å². The van der Waals surface area contributed by atoms with E-state index in [-0.39, 0.29) is 16.8 Å². The lowest BCUT2D eigenvalue weighted by atomic mass is 10.3. The van der Waals surface area contributed by atoms with Crippen LogP contribution >= 0.6 is 23.4 Å². The minimum absolute atomic E-state index is 0.0465. The molecule has 0 aliphatic carbocycles.